The maximum Gasteiger partial charge on any atom is 0.306 e. The van der Waals surface area contributed by atoms with Crippen LogP contribution in [0, 0.1) is 0 Å². The predicted octanol–water partition coefficient (Wildman–Crippen LogP) is -0.851. The number of ether oxygens (including phenoxy) is 1. The van der Waals surface area contributed by atoms with Crippen molar-refractivity contribution in [3.63, 3.8) is 0 Å². The van der Waals surface area contributed by atoms with E-state index in [0.29, 0.717) is 25.9 Å². The summed E-state index contributed by atoms with van der Waals surface area (Å²) in [6.07, 6.45) is 1.40. The first-order chi connectivity index (χ1) is 8.37. The van der Waals surface area contributed by atoms with E-state index in [0.717, 1.165) is 0 Å². The Hall–Kier alpha value is -0.700. The highest BCUT2D eigenvalue weighted by molar-refractivity contribution is 7.86. The molecule has 106 valence electrons. The first-order valence-corrected chi connectivity index (χ1v) is 7.31. The van der Waals surface area contributed by atoms with Crippen molar-refractivity contribution in [2.45, 2.75) is 25.3 Å². The van der Waals surface area contributed by atoms with Gasteiger partial charge in [0.2, 0.25) is 0 Å². The van der Waals surface area contributed by atoms with Crippen LogP contribution in [0.1, 0.15) is 19.3 Å². The second kappa shape index (κ2) is 6.46. The number of carbonyl (C=O) groups is 1. The zero-order valence-corrected chi connectivity index (χ0v) is 11.6. The molecule has 7 nitrogen and oxygen atoms in total. The van der Waals surface area contributed by atoms with Gasteiger partial charge in [0, 0.05) is 32.7 Å². The minimum atomic E-state index is -3.49. The van der Waals surface area contributed by atoms with Crippen LogP contribution in [0.3, 0.4) is 0 Å². The van der Waals surface area contributed by atoms with Gasteiger partial charge < -0.3 is 10.5 Å². The molecule has 1 heterocycles. The maximum atomic E-state index is 12.2. The van der Waals surface area contributed by atoms with Crippen LogP contribution in [-0.2, 0) is 19.7 Å². The summed E-state index contributed by atoms with van der Waals surface area (Å²) in [7, 11) is -0.740. The van der Waals surface area contributed by atoms with Crippen molar-refractivity contribution in [3.8, 4) is 0 Å². The van der Waals surface area contributed by atoms with Crippen molar-refractivity contribution in [2.24, 2.45) is 5.73 Å². The summed E-state index contributed by atoms with van der Waals surface area (Å²) in [6, 6.07) is 0.0804. The van der Waals surface area contributed by atoms with E-state index in [9.17, 15) is 13.2 Å². The number of methoxy groups -OCH3 is 1. The lowest BCUT2D eigenvalue weighted by molar-refractivity contribution is -0.140. The van der Waals surface area contributed by atoms with E-state index in [1.165, 1.54) is 22.8 Å². The second-order valence-electron chi connectivity index (χ2n) is 4.39. The zero-order valence-electron chi connectivity index (χ0n) is 10.8. The molecule has 18 heavy (non-hydrogen) atoms. The third-order valence-electron chi connectivity index (χ3n) is 3.08. The summed E-state index contributed by atoms with van der Waals surface area (Å²) in [5.41, 5.74) is 5.74. The average molecular weight is 279 g/mol. The van der Waals surface area contributed by atoms with Gasteiger partial charge in [0.05, 0.1) is 13.5 Å². The fraction of sp³-hybridized carbons (Fsp3) is 0.900. The molecular weight excluding hydrogens is 258 g/mol. The van der Waals surface area contributed by atoms with Crippen LogP contribution in [0.2, 0.25) is 0 Å². The van der Waals surface area contributed by atoms with Gasteiger partial charge in [-0.25, -0.2) is 0 Å². The van der Waals surface area contributed by atoms with Crippen LogP contribution in [0.15, 0.2) is 0 Å². The highest BCUT2D eigenvalue weighted by atomic mass is 32.2. The van der Waals surface area contributed by atoms with Gasteiger partial charge in [-0.2, -0.15) is 17.0 Å². The predicted molar refractivity (Wildman–Crippen MR) is 67.0 cm³/mol. The Morgan fingerprint density at radius 1 is 1.44 bits per heavy atom. The molecule has 8 heteroatoms. The Labute approximate surface area is 108 Å². The van der Waals surface area contributed by atoms with Crippen molar-refractivity contribution in [2.75, 3.05) is 33.8 Å². The molecule has 0 saturated carbocycles. The van der Waals surface area contributed by atoms with Gasteiger partial charge >= 0.3 is 5.97 Å². The number of nitrogens with two attached hydrogens (primary N) is 1. The molecule has 1 saturated heterocycles. The van der Waals surface area contributed by atoms with E-state index in [1.807, 2.05) is 0 Å². The number of piperidine rings is 1. The number of esters is 1. The smallest absolute Gasteiger partial charge is 0.306 e. The molecule has 0 aromatic heterocycles. The summed E-state index contributed by atoms with van der Waals surface area (Å²) in [4.78, 5) is 11.0. The first kappa shape index (κ1) is 15.4. The summed E-state index contributed by atoms with van der Waals surface area (Å²) >= 11 is 0. The van der Waals surface area contributed by atoms with Crippen molar-refractivity contribution >= 4 is 16.2 Å². The summed E-state index contributed by atoms with van der Waals surface area (Å²) < 4.78 is 31.4. The van der Waals surface area contributed by atoms with Gasteiger partial charge in [-0.05, 0) is 12.8 Å². The topological polar surface area (TPSA) is 92.9 Å². The third kappa shape index (κ3) is 3.91. The maximum absolute atomic E-state index is 12.2. The van der Waals surface area contributed by atoms with Crippen LogP contribution >= 0.6 is 0 Å². The Kier molecular flexibility index (Phi) is 5.51. The largest absolute Gasteiger partial charge is 0.469 e. The van der Waals surface area contributed by atoms with Crippen molar-refractivity contribution in [1.82, 2.24) is 8.61 Å². The Bertz CT molecular complexity index is 377. The number of nitrogens with zero attached hydrogens (tertiary/aromatic N) is 2. The van der Waals surface area contributed by atoms with Crippen molar-refractivity contribution < 1.29 is 17.9 Å². The van der Waals surface area contributed by atoms with Gasteiger partial charge in [-0.3, -0.25) is 4.79 Å². The minimum absolute atomic E-state index is 0.0551. The van der Waals surface area contributed by atoms with Crippen LogP contribution in [0.25, 0.3) is 0 Å². The van der Waals surface area contributed by atoms with E-state index in [2.05, 4.69) is 4.74 Å². The monoisotopic (exact) mass is 279 g/mol. The molecule has 0 amide bonds. The average Bonchev–Trinajstić information content (AvgIpc) is 2.35. The molecule has 0 radical (unpaired) electrons. The molecule has 0 atom stereocenters. The highest BCUT2D eigenvalue weighted by Gasteiger charge is 2.30. The van der Waals surface area contributed by atoms with E-state index >= 15 is 0 Å². The number of carbonyl (C=O) groups excluding carboxylic acids is 1. The first-order valence-electron chi connectivity index (χ1n) is 5.91. The van der Waals surface area contributed by atoms with Gasteiger partial charge in [-0.15, -0.1) is 0 Å². The lowest BCUT2D eigenvalue weighted by Gasteiger charge is -2.32. The van der Waals surface area contributed by atoms with E-state index in [1.54, 1.807) is 0 Å². The number of rotatable bonds is 5. The summed E-state index contributed by atoms with van der Waals surface area (Å²) in [6.45, 7) is 0.996. The summed E-state index contributed by atoms with van der Waals surface area (Å²) in [5.74, 6) is -0.419. The van der Waals surface area contributed by atoms with E-state index in [4.69, 9.17) is 5.73 Å². The summed E-state index contributed by atoms with van der Waals surface area (Å²) in [5, 5.41) is 0. The number of hydrogen-bond donors (Lipinski definition) is 1. The van der Waals surface area contributed by atoms with Crippen molar-refractivity contribution in [1.29, 1.82) is 0 Å². The van der Waals surface area contributed by atoms with Crippen LogP contribution < -0.4 is 5.73 Å². The highest BCUT2D eigenvalue weighted by Crippen LogP contribution is 2.15. The van der Waals surface area contributed by atoms with Gasteiger partial charge in [0.25, 0.3) is 10.2 Å². The van der Waals surface area contributed by atoms with Gasteiger partial charge in [-0.1, -0.05) is 0 Å². The second-order valence-corrected chi connectivity index (χ2v) is 6.43. The van der Waals surface area contributed by atoms with Crippen LogP contribution in [0.4, 0.5) is 0 Å². The zero-order chi connectivity index (χ0) is 13.8. The Balaban J connectivity index is 2.54. The van der Waals surface area contributed by atoms with Crippen LogP contribution in [-0.4, -0.2) is 62.8 Å². The fourth-order valence-corrected chi connectivity index (χ4v) is 3.16. The molecule has 0 bridgehead atoms. The van der Waals surface area contributed by atoms with E-state index in [-0.39, 0.29) is 19.0 Å². The van der Waals surface area contributed by atoms with E-state index < -0.39 is 16.2 Å². The third-order valence-corrected chi connectivity index (χ3v) is 5.07. The molecule has 0 aliphatic carbocycles. The van der Waals surface area contributed by atoms with Gasteiger partial charge in [0.1, 0.15) is 0 Å². The Morgan fingerprint density at radius 3 is 2.50 bits per heavy atom. The standard InChI is InChI=1S/C10H21N3O4S/c1-12(6-5-10(14)17-2)18(15,16)13-7-3-9(11)4-8-13/h9H,3-8,11H2,1-2H3. The molecule has 0 aromatic rings. The quantitative estimate of drug-likeness (QED) is 0.662. The number of hydrogen-bond acceptors (Lipinski definition) is 5. The Morgan fingerprint density at radius 2 is 2.00 bits per heavy atom. The SMILES string of the molecule is COC(=O)CCN(C)S(=O)(=O)N1CCC(N)CC1. The molecule has 1 rings (SSSR count). The molecule has 0 aromatic carbocycles. The molecule has 2 N–H and O–H groups in total. The molecule has 1 fully saturated rings. The molecule has 0 spiro atoms. The fourth-order valence-electron chi connectivity index (χ4n) is 1.77. The van der Waals surface area contributed by atoms with Gasteiger partial charge in [0.15, 0.2) is 0 Å². The molecular formula is C10H21N3O4S. The lowest BCUT2D eigenvalue weighted by atomic mass is 10.1. The molecule has 1 aliphatic rings. The van der Waals surface area contributed by atoms with Crippen molar-refractivity contribution in [3.05, 3.63) is 0 Å². The lowest BCUT2D eigenvalue weighted by Crippen LogP contribution is -2.48. The molecule has 1 aliphatic heterocycles. The molecule has 0 unspecified atom stereocenters. The minimum Gasteiger partial charge on any atom is -0.469 e. The van der Waals surface area contributed by atoms with Crippen LogP contribution in [0.5, 0.6) is 0 Å². The normalized spacial score (nSPS) is 19.1.